The standard InChI is InChI=1S/C13H24N2O/c1-4-6-7-15(5-2)10-13-8-12(9-14-3)11-16-13/h8,11,14H,4-7,9-10H2,1-3H3. The van der Waals surface area contributed by atoms with Gasteiger partial charge in [0.1, 0.15) is 5.76 Å². The van der Waals surface area contributed by atoms with Crippen LogP contribution in [0.3, 0.4) is 0 Å². The number of nitrogens with one attached hydrogen (secondary N) is 1. The first-order valence-electron chi connectivity index (χ1n) is 6.23. The van der Waals surface area contributed by atoms with Gasteiger partial charge in [0.2, 0.25) is 0 Å². The number of furan rings is 1. The van der Waals surface area contributed by atoms with Crippen LogP contribution < -0.4 is 5.32 Å². The smallest absolute Gasteiger partial charge is 0.118 e. The molecule has 0 aliphatic rings. The van der Waals surface area contributed by atoms with Gasteiger partial charge in [0.15, 0.2) is 0 Å². The molecule has 92 valence electrons. The highest BCUT2D eigenvalue weighted by Crippen LogP contribution is 2.11. The van der Waals surface area contributed by atoms with Gasteiger partial charge in [-0.2, -0.15) is 0 Å². The first-order valence-corrected chi connectivity index (χ1v) is 6.23. The van der Waals surface area contributed by atoms with Crippen molar-refractivity contribution >= 4 is 0 Å². The normalized spacial score (nSPS) is 11.2. The Morgan fingerprint density at radius 2 is 2.19 bits per heavy atom. The Labute approximate surface area is 98.8 Å². The second-order valence-electron chi connectivity index (χ2n) is 4.17. The molecule has 0 aliphatic heterocycles. The summed E-state index contributed by atoms with van der Waals surface area (Å²) in [6.45, 7) is 8.49. The molecule has 1 rings (SSSR count). The van der Waals surface area contributed by atoms with E-state index in [1.165, 1.54) is 18.4 Å². The molecule has 0 aromatic carbocycles. The van der Waals surface area contributed by atoms with Gasteiger partial charge in [-0.25, -0.2) is 0 Å². The van der Waals surface area contributed by atoms with E-state index < -0.39 is 0 Å². The molecule has 0 bridgehead atoms. The molecule has 0 atom stereocenters. The van der Waals surface area contributed by atoms with E-state index in [0.29, 0.717) is 0 Å². The Bertz CT molecular complexity index is 283. The summed E-state index contributed by atoms with van der Waals surface area (Å²) < 4.78 is 5.55. The molecule has 0 aliphatic carbocycles. The van der Waals surface area contributed by atoms with Crippen molar-refractivity contribution in [1.82, 2.24) is 10.2 Å². The zero-order chi connectivity index (χ0) is 11.8. The Morgan fingerprint density at radius 3 is 2.81 bits per heavy atom. The molecule has 0 unspecified atom stereocenters. The summed E-state index contributed by atoms with van der Waals surface area (Å²) in [5, 5.41) is 3.13. The van der Waals surface area contributed by atoms with Crippen LogP contribution in [0.4, 0.5) is 0 Å². The number of hydrogen-bond donors (Lipinski definition) is 1. The summed E-state index contributed by atoms with van der Waals surface area (Å²) in [6, 6.07) is 2.14. The second kappa shape index (κ2) is 7.47. The van der Waals surface area contributed by atoms with E-state index in [2.05, 4.69) is 30.1 Å². The zero-order valence-corrected chi connectivity index (χ0v) is 10.8. The van der Waals surface area contributed by atoms with E-state index in [4.69, 9.17) is 4.42 Å². The molecule has 1 aromatic rings. The monoisotopic (exact) mass is 224 g/mol. The lowest BCUT2D eigenvalue weighted by Gasteiger charge is -2.18. The van der Waals surface area contributed by atoms with Crippen molar-refractivity contribution in [3.8, 4) is 0 Å². The van der Waals surface area contributed by atoms with Crippen molar-refractivity contribution in [2.45, 2.75) is 39.8 Å². The molecular weight excluding hydrogens is 200 g/mol. The van der Waals surface area contributed by atoms with E-state index in [9.17, 15) is 0 Å². The van der Waals surface area contributed by atoms with Crippen LogP contribution in [0.25, 0.3) is 0 Å². The topological polar surface area (TPSA) is 28.4 Å². The minimum atomic E-state index is 0.880. The summed E-state index contributed by atoms with van der Waals surface area (Å²) in [5.74, 6) is 1.07. The van der Waals surface area contributed by atoms with E-state index in [0.717, 1.165) is 31.9 Å². The Morgan fingerprint density at radius 1 is 1.38 bits per heavy atom. The SMILES string of the molecule is CCCCN(CC)Cc1cc(CNC)co1. The lowest BCUT2D eigenvalue weighted by molar-refractivity contribution is 0.252. The van der Waals surface area contributed by atoms with Crippen LogP contribution in [0, 0.1) is 0 Å². The number of rotatable bonds is 8. The molecule has 1 N–H and O–H groups in total. The van der Waals surface area contributed by atoms with Gasteiger partial charge in [0.25, 0.3) is 0 Å². The highest BCUT2D eigenvalue weighted by Gasteiger charge is 2.06. The molecule has 0 spiro atoms. The van der Waals surface area contributed by atoms with E-state index >= 15 is 0 Å². The van der Waals surface area contributed by atoms with Crippen LogP contribution in [-0.2, 0) is 13.1 Å². The van der Waals surface area contributed by atoms with E-state index in [1.54, 1.807) is 0 Å². The fourth-order valence-electron chi connectivity index (χ4n) is 1.76. The Hall–Kier alpha value is -0.800. The quantitative estimate of drug-likeness (QED) is 0.736. The maximum atomic E-state index is 5.55. The average molecular weight is 224 g/mol. The van der Waals surface area contributed by atoms with Crippen molar-refractivity contribution in [2.24, 2.45) is 0 Å². The van der Waals surface area contributed by atoms with Gasteiger partial charge in [-0.05, 0) is 32.6 Å². The second-order valence-corrected chi connectivity index (χ2v) is 4.17. The van der Waals surface area contributed by atoms with Crippen LogP contribution in [0.15, 0.2) is 16.7 Å². The molecule has 3 nitrogen and oxygen atoms in total. The molecule has 0 amide bonds. The van der Waals surface area contributed by atoms with Gasteiger partial charge in [-0.1, -0.05) is 20.3 Å². The first kappa shape index (κ1) is 13.3. The zero-order valence-electron chi connectivity index (χ0n) is 10.8. The predicted molar refractivity (Wildman–Crippen MR) is 67.3 cm³/mol. The fraction of sp³-hybridized carbons (Fsp3) is 0.692. The lowest BCUT2D eigenvalue weighted by atomic mass is 10.2. The third-order valence-electron chi connectivity index (χ3n) is 2.74. The highest BCUT2D eigenvalue weighted by atomic mass is 16.3. The van der Waals surface area contributed by atoms with Crippen LogP contribution in [0.5, 0.6) is 0 Å². The molecule has 0 saturated heterocycles. The Balaban J connectivity index is 2.43. The molecule has 3 heteroatoms. The van der Waals surface area contributed by atoms with Gasteiger partial charge < -0.3 is 9.73 Å². The molecule has 16 heavy (non-hydrogen) atoms. The first-order chi connectivity index (χ1) is 7.80. The summed E-state index contributed by atoms with van der Waals surface area (Å²) >= 11 is 0. The maximum absolute atomic E-state index is 5.55. The van der Waals surface area contributed by atoms with Crippen molar-refractivity contribution < 1.29 is 4.42 Å². The molecule has 0 radical (unpaired) electrons. The molecule has 0 saturated carbocycles. The number of unbranched alkanes of at least 4 members (excludes halogenated alkanes) is 1. The van der Waals surface area contributed by atoms with Gasteiger partial charge in [0.05, 0.1) is 12.8 Å². The van der Waals surface area contributed by atoms with Crippen LogP contribution >= 0.6 is 0 Å². The van der Waals surface area contributed by atoms with Gasteiger partial charge in [-0.15, -0.1) is 0 Å². The van der Waals surface area contributed by atoms with E-state index in [1.807, 2.05) is 13.3 Å². The van der Waals surface area contributed by atoms with Gasteiger partial charge >= 0.3 is 0 Å². The van der Waals surface area contributed by atoms with Gasteiger partial charge in [-0.3, -0.25) is 4.90 Å². The molecule has 1 heterocycles. The van der Waals surface area contributed by atoms with Crippen LogP contribution in [0.1, 0.15) is 38.0 Å². The summed E-state index contributed by atoms with van der Waals surface area (Å²) in [6.07, 6.45) is 4.36. The van der Waals surface area contributed by atoms with Crippen molar-refractivity contribution in [3.05, 3.63) is 23.7 Å². The summed E-state index contributed by atoms with van der Waals surface area (Å²) in [5.41, 5.74) is 1.23. The Kier molecular flexibility index (Phi) is 6.19. The van der Waals surface area contributed by atoms with Crippen LogP contribution in [0.2, 0.25) is 0 Å². The number of hydrogen-bond acceptors (Lipinski definition) is 3. The van der Waals surface area contributed by atoms with Crippen molar-refractivity contribution in [2.75, 3.05) is 20.1 Å². The lowest BCUT2D eigenvalue weighted by Crippen LogP contribution is -2.23. The summed E-state index contributed by atoms with van der Waals surface area (Å²) in [4.78, 5) is 2.42. The van der Waals surface area contributed by atoms with Crippen molar-refractivity contribution in [3.63, 3.8) is 0 Å². The third-order valence-corrected chi connectivity index (χ3v) is 2.74. The minimum absolute atomic E-state index is 0.880. The minimum Gasteiger partial charge on any atom is -0.468 e. The number of nitrogens with zero attached hydrogens (tertiary/aromatic N) is 1. The van der Waals surface area contributed by atoms with E-state index in [-0.39, 0.29) is 0 Å². The molecular formula is C13H24N2O. The predicted octanol–water partition coefficient (Wildman–Crippen LogP) is 2.62. The molecule has 0 fully saturated rings. The fourth-order valence-corrected chi connectivity index (χ4v) is 1.76. The van der Waals surface area contributed by atoms with Gasteiger partial charge in [0, 0.05) is 12.1 Å². The largest absolute Gasteiger partial charge is 0.468 e. The maximum Gasteiger partial charge on any atom is 0.118 e. The highest BCUT2D eigenvalue weighted by molar-refractivity contribution is 5.12. The summed E-state index contributed by atoms with van der Waals surface area (Å²) in [7, 11) is 1.95. The van der Waals surface area contributed by atoms with Crippen molar-refractivity contribution in [1.29, 1.82) is 0 Å². The third kappa shape index (κ3) is 4.37. The average Bonchev–Trinajstić information content (AvgIpc) is 2.72. The van der Waals surface area contributed by atoms with Crippen LogP contribution in [-0.4, -0.2) is 25.0 Å². The molecule has 1 aromatic heterocycles.